The van der Waals surface area contributed by atoms with Crippen molar-refractivity contribution in [1.82, 2.24) is 10.2 Å². The van der Waals surface area contributed by atoms with Crippen molar-refractivity contribution in [3.63, 3.8) is 0 Å². The number of hydrogen-bond donors (Lipinski definition) is 1. The van der Waals surface area contributed by atoms with Crippen molar-refractivity contribution < 1.29 is 0 Å². The molecular formula is C18H32N2S. The lowest BCUT2D eigenvalue weighted by atomic mass is 10.0. The van der Waals surface area contributed by atoms with Gasteiger partial charge in [-0.25, -0.2) is 0 Å². The minimum atomic E-state index is 0.726. The molecule has 0 spiro atoms. The van der Waals surface area contributed by atoms with Crippen molar-refractivity contribution in [1.29, 1.82) is 0 Å². The summed E-state index contributed by atoms with van der Waals surface area (Å²) in [5.74, 6) is 1.64. The molecule has 1 aliphatic heterocycles. The van der Waals surface area contributed by atoms with Crippen LogP contribution in [0.2, 0.25) is 0 Å². The zero-order valence-electron chi connectivity index (χ0n) is 14.2. The van der Waals surface area contributed by atoms with E-state index in [9.17, 15) is 0 Å². The first-order valence-electron chi connectivity index (χ1n) is 8.56. The minimum Gasteiger partial charge on any atom is -0.312 e. The zero-order valence-corrected chi connectivity index (χ0v) is 15.1. The summed E-state index contributed by atoms with van der Waals surface area (Å²) in [5.41, 5.74) is 1.55. The lowest BCUT2D eigenvalue weighted by molar-refractivity contribution is 0.273. The van der Waals surface area contributed by atoms with Gasteiger partial charge in [0.1, 0.15) is 0 Å². The lowest BCUT2D eigenvalue weighted by Crippen LogP contribution is -2.24. The number of rotatable bonds is 6. The van der Waals surface area contributed by atoms with E-state index >= 15 is 0 Å². The van der Waals surface area contributed by atoms with Gasteiger partial charge in [-0.1, -0.05) is 20.8 Å². The van der Waals surface area contributed by atoms with Gasteiger partial charge < -0.3 is 5.32 Å². The standard InChI is InChI=1S/C18H32N2S/c1-14(2)11-19-12-18-10-17(16(4)21-18)13-20-8-5-6-15(3)7-9-20/h10,14-15,19H,5-9,11-13H2,1-4H3. The summed E-state index contributed by atoms with van der Waals surface area (Å²) in [7, 11) is 0. The van der Waals surface area contributed by atoms with Gasteiger partial charge in [-0.05, 0) is 69.3 Å². The first-order valence-corrected chi connectivity index (χ1v) is 9.37. The number of thiophene rings is 1. The molecule has 21 heavy (non-hydrogen) atoms. The van der Waals surface area contributed by atoms with Gasteiger partial charge in [0, 0.05) is 22.8 Å². The topological polar surface area (TPSA) is 15.3 Å². The Morgan fingerprint density at radius 2 is 2.14 bits per heavy atom. The molecule has 1 aromatic rings. The van der Waals surface area contributed by atoms with Crippen molar-refractivity contribution in [2.45, 2.75) is 60.0 Å². The van der Waals surface area contributed by atoms with Crippen LogP contribution in [0.3, 0.4) is 0 Å². The summed E-state index contributed by atoms with van der Waals surface area (Å²) in [5, 5.41) is 3.56. The van der Waals surface area contributed by atoms with Crippen molar-refractivity contribution in [3.05, 3.63) is 21.4 Å². The van der Waals surface area contributed by atoms with Crippen LogP contribution in [0.4, 0.5) is 0 Å². The predicted molar refractivity (Wildman–Crippen MR) is 93.9 cm³/mol. The smallest absolute Gasteiger partial charge is 0.0300 e. The summed E-state index contributed by atoms with van der Waals surface area (Å²) >= 11 is 1.97. The Balaban J connectivity index is 1.86. The van der Waals surface area contributed by atoms with Crippen molar-refractivity contribution in [2.24, 2.45) is 11.8 Å². The highest BCUT2D eigenvalue weighted by Crippen LogP contribution is 2.25. The maximum Gasteiger partial charge on any atom is 0.0300 e. The van der Waals surface area contributed by atoms with E-state index in [1.807, 2.05) is 11.3 Å². The molecule has 1 saturated heterocycles. The maximum absolute atomic E-state index is 3.56. The Hall–Kier alpha value is -0.380. The van der Waals surface area contributed by atoms with Crippen LogP contribution in [0.1, 0.15) is 55.4 Å². The van der Waals surface area contributed by atoms with E-state index in [1.54, 1.807) is 5.56 Å². The Morgan fingerprint density at radius 3 is 2.90 bits per heavy atom. The third-order valence-electron chi connectivity index (χ3n) is 4.43. The van der Waals surface area contributed by atoms with E-state index in [2.05, 4.69) is 44.0 Å². The summed E-state index contributed by atoms with van der Waals surface area (Å²) in [6.45, 7) is 15.1. The fourth-order valence-electron chi connectivity index (χ4n) is 3.04. The Bertz CT molecular complexity index is 425. The highest BCUT2D eigenvalue weighted by atomic mass is 32.1. The fourth-order valence-corrected chi connectivity index (χ4v) is 4.06. The van der Waals surface area contributed by atoms with Crippen LogP contribution < -0.4 is 5.32 Å². The number of nitrogens with one attached hydrogen (secondary N) is 1. The molecule has 1 atom stereocenters. The molecule has 0 saturated carbocycles. The fraction of sp³-hybridized carbons (Fsp3) is 0.778. The van der Waals surface area contributed by atoms with Gasteiger partial charge in [-0.3, -0.25) is 4.90 Å². The van der Waals surface area contributed by atoms with Crippen molar-refractivity contribution in [3.8, 4) is 0 Å². The third kappa shape index (κ3) is 5.72. The largest absolute Gasteiger partial charge is 0.312 e. The summed E-state index contributed by atoms with van der Waals surface area (Å²) in [6, 6.07) is 2.43. The van der Waals surface area contributed by atoms with Crippen LogP contribution in [-0.2, 0) is 13.1 Å². The molecule has 0 aliphatic carbocycles. The Morgan fingerprint density at radius 1 is 1.33 bits per heavy atom. The number of likely N-dealkylation sites (tertiary alicyclic amines) is 1. The van der Waals surface area contributed by atoms with E-state index in [1.165, 1.54) is 42.1 Å². The molecule has 3 heteroatoms. The first-order chi connectivity index (χ1) is 10.0. The van der Waals surface area contributed by atoms with E-state index < -0.39 is 0 Å². The van der Waals surface area contributed by atoms with Crippen LogP contribution in [0.15, 0.2) is 6.07 Å². The molecule has 0 radical (unpaired) electrons. The number of nitrogens with zero attached hydrogens (tertiary/aromatic N) is 1. The highest BCUT2D eigenvalue weighted by Gasteiger charge is 2.15. The van der Waals surface area contributed by atoms with Gasteiger partial charge in [0.05, 0.1) is 0 Å². The molecule has 1 unspecified atom stereocenters. The molecule has 2 rings (SSSR count). The molecule has 1 aromatic heterocycles. The molecule has 2 heterocycles. The maximum atomic E-state index is 3.56. The summed E-state index contributed by atoms with van der Waals surface area (Å²) < 4.78 is 0. The van der Waals surface area contributed by atoms with Gasteiger partial charge in [0.2, 0.25) is 0 Å². The van der Waals surface area contributed by atoms with Crippen LogP contribution in [0.5, 0.6) is 0 Å². The highest BCUT2D eigenvalue weighted by molar-refractivity contribution is 7.12. The molecule has 0 bridgehead atoms. The average Bonchev–Trinajstić information content (AvgIpc) is 2.62. The second kappa shape index (κ2) is 8.30. The molecule has 1 N–H and O–H groups in total. The molecule has 0 amide bonds. The molecule has 120 valence electrons. The van der Waals surface area contributed by atoms with Crippen molar-refractivity contribution in [2.75, 3.05) is 19.6 Å². The quantitative estimate of drug-likeness (QED) is 0.836. The molecule has 2 nitrogen and oxygen atoms in total. The zero-order chi connectivity index (χ0) is 15.2. The van der Waals surface area contributed by atoms with Crippen LogP contribution in [0, 0.1) is 18.8 Å². The Kier molecular flexibility index (Phi) is 6.72. The first kappa shape index (κ1) is 17.0. The van der Waals surface area contributed by atoms with E-state index in [0.29, 0.717) is 0 Å². The van der Waals surface area contributed by atoms with Crippen molar-refractivity contribution >= 4 is 11.3 Å². The third-order valence-corrected chi connectivity index (χ3v) is 5.52. The van der Waals surface area contributed by atoms with Crippen LogP contribution in [0.25, 0.3) is 0 Å². The summed E-state index contributed by atoms with van der Waals surface area (Å²) in [6.07, 6.45) is 4.14. The van der Waals surface area contributed by atoms with E-state index in [0.717, 1.165) is 31.5 Å². The molecule has 1 fully saturated rings. The van der Waals surface area contributed by atoms with Gasteiger partial charge in [-0.2, -0.15) is 0 Å². The van der Waals surface area contributed by atoms with Gasteiger partial charge in [-0.15, -0.1) is 11.3 Å². The number of hydrogen-bond acceptors (Lipinski definition) is 3. The monoisotopic (exact) mass is 308 g/mol. The molecular weight excluding hydrogens is 276 g/mol. The predicted octanol–water partition coefficient (Wildman–Crippen LogP) is 4.42. The van der Waals surface area contributed by atoms with Gasteiger partial charge in [0.25, 0.3) is 0 Å². The number of aryl methyl sites for hydroxylation is 1. The second-order valence-corrected chi connectivity index (χ2v) is 8.47. The van der Waals surface area contributed by atoms with Gasteiger partial charge in [0.15, 0.2) is 0 Å². The molecule has 0 aromatic carbocycles. The van der Waals surface area contributed by atoms with E-state index in [4.69, 9.17) is 0 Å². The van der Waals surface area contributed by atoms with Crippen LogP contribution >= 0.6 is 11.3 Å². The van der Waals surface area contributed by atoms with Crippen LogP contribution in [-0.4, -0.2) is 24.5 Å². The minimum absolute atomic E-state index is 0.726. The average molecular weight is 309 g/mol. The lowest BCUT2D eigenvalue weighted by Gasteiger charge is -2.19. The molecule has 1 aliphatic rings. The summed E-state index contributed by atoms with van der Waals surface area (Å²) in [4.78, 5) is 5.66. The van der Waals surface area contributed by atoms with Gasteiger partial charge >= 0.3 is 0 Å². The Labute approximate surface area is 134 Å². The normalized spacial score (nSPS) is 20.9. The van der Waals surface area contributed by atoms with E-state index in [-0.39, 0.29) is 0 Å². The second-order valence-electron chi connectivity index (χ2n) is 7.13. The SMILES string of the molecule is Cc1sc(CNCC(C)C)cc1CN1CCCC(C)CC1.